The highest BCUT2D eigenvalue weighted by Crippen LogP contribution is 2.15. The number of carbonyl (C=O) groups excluding carboxylic acids is 5. The van der Waals surface area contributed by atoms with Crippen molar-refractivity contribution >= 4 is 51.9 Å². The second-order valence-corrected chi connectivity index (χ2v) is 11.5. The number of unbranched alkanes of at least 4 members (excludes halogenated alkanes) is 4. The molecule has 0 radical (unpaired) electrons. The average molecular weight is 593 g/mol. The minimum atomic E-state index is -0.984. The third kappa shape index (κ3) is 11.2. The Balaban J connectivity index is 2.06. The summed E-state index contributed by atoms with van der Waals surface area (Å²) in [6.45, 7) is 5.38. The Hall–Kier alpha value is -2.99. The number of nitrogens with zero attached hydrogens (tertiary/aromatic N) is 2. The Morgan fingerprint density at radius 1 is 1.23 bits per heavy atom. The van der Waals surface area contributed by atoms with E-state index in [0.717, 1.165) is 19.3 Å². The zero-order valence-corrected chi connectivity index (χ0v) is 25.3. The van der Waals surface area contributed by atoms with E-state index < -0.39 is 29.9 Å². The van der Waals surface area contributed by atoms with Gasteiger partial charge >= 0.3 is 5.97 Å². The molecule has 2 heterocycles. The smallest absolute Gasteiger partial charge is 0.329 e. The van der Waals surface area contributed by atoms with E-state index in [1.165, 1.54) is 60.9 Å². The predicted octanol–water partition coefficient (Wildman–Crippen LogP) is 4.12. The van der Waals surface area contributed by atoms with Gasteiger partial charge in [0.25, 0.3) is 11.8 Å². The summed E-state index contributed by atoms with van der Waals surface area (Å²) in [5.41, 5.74) is 0.129. The van der Waals surface area contributed by atoms with Crippen LogP contribution in [0.4, 0.5) is 0 Å². The van der Waals surface area contributed by atoms with Crippen LogP contribution in [-0.2, 0) is 30.5 Å². The summed E-state index contributed by atoms with van der Waals surface area (Å²) in [6.07, 6.45) is 10.5. The quantitative estimate of drug-likeness (QED) is 0.179. The Morgan fingerprint density at radius 2 is 1.98 bits per heavy atom. The maximum atomic E-state index is 13.0. The molecule has 220 valence electrons. The van der Waals surface area contributed by atoms with Gasteiger partial charge in [-0.1, -0.05) is 56.5 Å². The van der Waals surface area contributed by atoms with Gasteiger partial charge in [0, 0.05) is 24.6 Å². The summed E-state index contributed by atoms with van der Waals surface area (Å²) >= 11 is 2.49. The van der Waals surface area contributed by atoms with Gasteiger partial charge in [0.15, 0.2) is 5.12 Å². The summed E-state index contributed by atoms with van der Waals surface area (Å²) in [6, 6.07) is -0.984. The second kappa shape index (κ2) is 17.6. The SMILES string of the molecule is C/C=C1\NC(=O)c2csc(n2)CNC(=O)C[C@@H](/C=C/CCSC(=O)CCCCCCC)OC(=O)[C@H](C)N(C)C1=O. The minimum absolute atomic E-state index is 0.00606. The normalized spacial score (nSPS) is 20.5. The molecule has 1 aliphatic rings. The third-order valence-corrected chi connectivity index (χ3v) is 8.08. The van der Waals surface area contributed by atoms with Crippen LogP contribution >= 0.6 is 23.1 Å². The molecule has 1 aromatic rings. The van der Waals surface area contributed by atoms with Crippen LogP contribution in [0.1, 0.15) is 87.6 Å². The third-order valence-electron chi connectivity index (χ3n) is 6.27. The number of carbonyl (C=O) groups is 5. The molecule has 2 rings (SSSR count). The fraction of sp³-hybridized carbons (Fsp3) is 0.571. The molecular weight excluding hydrogens is 552 g/mol. The highest BCUT2D eigenvalue weighted by molar-refractivity contribution is 8.13. The standard InChI is InChI=1S/C28H40N4O6S2/c1-5-7-8-9-10-14-25(34)39-15-12-11-13-20-16-23(33)29-17-24-30-22(18-40-24)26(35)31-21(6-2)27(36)32(4)19(3)28(37)38-20/h6,11,13,18-20H,5,7-10,12,14-17H2,1-4H3,(H,29,33)(H,31,35)/b13-11+,21-6-/t19-,20+/m0/s1. The summed E-state index contributed by atoms with van der Waals surface area (Å²) < 4.78 is 5.61. The molecule has 0 unspecified atom stereocenters. The Labute approximate surface area is 244 Å². The van der Waals surface area contributed by atoms with Crippen molar-refractivity contribution in [3.63, 3.8) is 0 Å². The topological polar surface area (TPSA) is 135 Å². The predicted molar refractivity (Wildman–Crippen MR) is 157 cm³/mol. The van der Waals surface area contributed by atoms with Gasteiger partial charge in [0.05, 0.1) is 13.0 Å². The van der Waals surface area contributed by atoms with Crippen molar-refractivity contribution in [3.8, 4) is 0 Å². The van der Waals surface area contributed by atoms with Gasteiger partial charge in [0.1, 0.15) is 28.5 Å². The highest BCUT2D eigenvalue weighted by atomic mass is 32.2. The van der Waals surface area contributed by atoms with Gasteiger partial charge < -0.3 is 20.3 Å². The van der Waals surface area contributed by atoms with E-state index in [4.69, 9.17) is 4.74 Å². The molecule has 1 aliphatic heterocycles. The van der Waals surface area contributed by atoms with Crippen LogP contribution in [0.2, 0.25) is 0 Å². The van der Waals surface area contributed by atoms with Crippen LogP contribution in [0.5, 0.6) is 0 Å². The number of fused-ring (bicyclic) bond motifs is 2. The van der Waals surface area contributed by atoms with Gasteiger partial charge in [0.2, 0.25) is 5.91 Å². The monoisotopic (exact) mass is 592 g/mol. The van der Waals surface area contributed by atoms with Gasteiger partial charge in [-0.2, -0.15) is 0 Å². The Kier molecular flexibility index (Phi) is 14.7. The van der Waals surface area contributed by atoms with Crippen molar-refractivity contribution in [1.29, 1.82) is 0 Å². The molecule has 0 aliphatic carbocycles. The molecule has 40 heavy (non-hydrogen) atoms. The number of nitrogens with one attached hydrogen (secondary N) is 2. The summed E-state index contributed by atoms with van der Waals surface area (Å²) in [5.74, 6) is -1.60. The van der Waals surface area contributed by atoms with Gasteiger partial charge in [-0.05, 0) is 32.8 Å². The van der Waals surface area contributed by atoms with Crippen molar-refractivity contribution in [2.45, 2.75) is 90.8 Å². The first-order valence-electron chi connectivity index (χ1n) is 13.6. The van der Waals surface area contributed by atoms with E-state index in [-0.39, 0.29) is 35.4 Å². The second-order valence-electron chi connectivity index (χ2n) is 9.43. The molecule has 2 bridgehead atoms. The Bertz CT molecular complexity index is 1100. The van der Waals surface area contributed by atoms with Crippen LogP contribution in [-0.4, -0.2) is 63.6 Å². The number of hydrogen-bond donors (Lipinski definition) is 2. The number of likely N-dealkylation sites (N-methyl/N-ethyl adjacent to an activating group) is 1. The molecule has 2 N–H and O–H groups in total. The molecule has 3 amide bonds. The molecule has 0 saturated carbocycles. The van der Waals surface area contributed by atoms with E-state index in [2.05, 4.69) is 22.5 Å². The number of allylic oxidation sites excluding steroid dienone is 2. The number of amides is 3. The maximum absolute atomic E-state index is 13.0. The summed E-state index contributed by atoms with van der Waals surface area (Å²) in [5, 5.41) is 7.52. The van der Waals surface area contributed by atoms with Crippen LogP contribution in [0.3, 0.4) is 0 Å². The number of rotatable bonds is 10. The number of ether oxygens (including phenoxy) is 1. The largest absolute Gasteiger partial charge is 0.456 e. The summed E-state index contributed by atoms with van der Waals surface area (Å²) in [7, 11) is 1.43. The van der Waals surface area contributed by atoms with Gasteiger partial charge in [-0.15, -0.1) is 11.3 Å². The van der Waals surface area contributed by atoms with Gasteiger partial charge in [-0.3, -0.25) is 19.2 Å². The molecule has 0 fully saturated rings. The first kappa shape index (κ1) is 33.2. The number of thioether (sulfide) groups is 1. The van der Waals surface area contributed by atoms with Crippen molar-refractivity contribution in [1.82, 2.24) is 20.5 Å². The van der Waals surface area contributed by atoms with E-state index in [1.807, 2.05) is 0 Å². The van der Waals surface area contributed by atoms with E-state index >= 15 is 0 Å². The van der Waals surface area contributed by atoms with Crippen molar-refractivity contribution < 1.29 is 28.7 Å². The first-order chi connectivity index (χ1) is 19.2. The first-order valence-corrected chi connectivity index (χ1v) is 15.5. The number of thiazole rings is 1. The molecule has 1 aromatic heterocycles. The van der Waals surface area contributed by atoms with Crippen LogP contribution in [0.25, 0.3) is 0 Å². The number of esters is 1. The minimum Gasteiger partial charge on any atom is -0.456 e. The summed E-state index contributed by atoms with van der Waals surface area (Å²) in [4.78, 5) is 68.6. The molecule has 12 heteroatoms. The fourth-order valence-electron chi connectivity index (χ4n) is 3.72. The lowest BCUT2D eigenvalue weighted by Crippen LogP contribution is -2.45. The van der Waals surface area contributed by atoms with Gasteiger partial charge in [-0.25, -0.2) is 9.78 Å². The van der Waals surface area contributed by atoms with Crippen molar-refractivity contribution in [2.75, 3.05) is 12.8 Å². The zero-order valence-electron chi connectivity index (χ0n) is 23.7. The van der Waals surface area contributed by atoms with E-state index in [0.29, 0.717) is 23.6 Å². The number of cyclic esters (lactones) is 1. The molecule has 10 nitrogen and oxygen atoms in total. The van der Waals surface area contributed by atoms with Crippen molar-refractivity contribution in [2.24, 2.45) is 0 Å². The van der Waals surface area contributed by atoms with E-state index in [9.17, 15) is 24.0 Å². The lowest BCUT2D eigenvalue weighted by atomic mass is 10.1. The number of aromatic nitrogens is 1. The molecule has 2 atom stereocenters. The van der Waals surface area contributed by atoms with Crippen molar-refractivity contribution in [3.05, 3.63) is 40.0 Å². The Morgan fingerprint density at radius 3 is 2.70 bits per heavy atom. The van der Waals surface area contributed by atoms with Crippen LogP contribution in [0.15, 0.2) is 29.3 Å². The zero-order chi connectivity index (χ0) is 29.5. The lowest BCUT2D eigenvalue weighted by molar-refractivity contribution is -0.156. The lowest BCUT2D eigenvalue weighted by Gasteiger charge is -2.26. The van der Waals surface area contributed by atoms with Crippen LogP contribution in [0, 0.1) is 0 Å². The molecule has 0 spiro atoms. The average Bonchev–Trinajstić information content (AvgIpc) is 3.42. The van der Waals surface area contributed by atoms with Crippen LogP contribution < -0.4 is 10.6 Å². The highest BCUT2D eigenvalue weighted by Gasteiger charge is 2.29. The molecule has 0 aromatic carbocycles. The molecular formula is C28H40N4O6S2. The maximum Gasteiger partial charge on any atom is 0.329 e. The number of hydrogen-bond acceptors (Lipinski definition) is 9. The molecule has 0 saturated heterocycles. The fourth-order valence-corrected chi connectivity index (χ4v) is 5.20. The van der Waals surface area contributed by atoms with E-state index in [1.54, 1.807) is 24.5 Å².